The fourth-order valence-corrected chi connectivity index (χ4v) is 1.59. The quantitative estimate of drug-likeness (QED) is 0.716. The van der Waals surface area contributed by atoms with E-state index in [-0.39, 0.29) is 11.5 Å². The van der Waals surface area contributed by atoms with Crippen LogP contribution in [0.2, 0.25) is 0 Å². The average Bonchev–Trinajstić information content (AvgIpc) is 2.17. The van der Waals surface area contributed by atoms with Gasteiger partial charge in [-0.2, -0.15) is 0 Å². The van der Waals surface area contributed by atoms with Crippen molar-refractivity contribution in [2.24, 2.45) is 5.73 Å². The highest BCUT2D eigenvalue weighted by Gasteiger charge is 2.19. The van der Waals surface area contributed by atoms with Crippen molar-refractivity contribution in [3.05, 3.63) is 29.1 Å². The van der Waals surface area contributed by atoms with Gasteiger partial charge in [0.15, 0.2) is 0 Å². The van der Waals surface area contributed by atoms with E-state index in [1.54, 1.807) is 0 Å². The first-order valence-corrected chi connectivity index (χ1v) is 4.50. The minimum atomic E-state index is -0.838. The van der Waals surface area contributed by atoms with E-state index in [2.05, 4.69) is 5.32 Å². The zero-order chi connectivity index (χ0) is 11.0. The van der Waals surface area contributed by atoms with Crippen molar-refractivity contribution in [3.63, 3.8) is 0 Å². The molecule has 1 aromatic rings. The zero-order valence-electron chi connectivity index (χ0n) is 7.84. The number of nitrogens with two attached hydrogens (primary N) is 1. The number of benzene rings is 1. The summed E-state index contributed by atoms with van der Waals surface area (Å²) in [5.74, 6) is -1.61. The minimum Gasteiger partial charge on any atom is -0.366 e. The van der Waals surface area contributed by atoms with Gasteiger partial charge in [0.1, 0.15) is 5.82 Å². The van der Waals surface area contributed by atoms with Gasteiger partial charge in [0.05, 0.1) is 5.56 Å². The van der Waals surface area contributed by atoms with Gasteiger partial charge in [0.2, 0.25) is 5.91 Å². The number of nitrogens with one attached hydrogen (secondary N) is 1. The molecule has 0 atom stereocenters. The number of fused-ring (bicyclic) bond motifs is 1. The van der Waals surface area contributed by atoms with Crippen molar-refractivity contribution >= 4 is 17.5 Å². The molecule has 4 nitrogen and oxygen atoms in total. The molecule has 2 rings (SSSR count). The summed E-state index contributed by atoms with van der Waals surface area (Å²) in [5, 5.41) is 2.57. The molecule has 2 amide bonds. The van der Waals surface area contributed by atoms with Crippen LogP contribution in [-0.2, 0) is 11.2 Å². The lowest BCUT2D eigenvalue weighted by Crippen LogP contribution is -2.21. The lowest BCUT2D eigenvalue weighted by molar-refractivity contribution is -0.116. The number of hydrogen-bond acceptors (Lipinski definition) is 2. The third-order valence-electron chi connectivity index (χ3n) is 2.35. The van der Waals surface area contributed by atoms with Crippen molar-refractivity contribution in [1.82, 2.24) is 0 Å². The smallest absolute Gasteiger partial charge is 0.251 e. The fourth-order valence-electron chi connectivity index (χ4n) is 1.59. The third kappa shape index (κ3) is 1.68. The largest absolute Gasteiger partial charge is 0.366 e. The van der Waals surface area contributed by atoms with Crippen molar-refractivity contribution < 1.29 is 14.0 Å². The van der Waals surface area contributed by atoms with Crippen LogP contribution >= 0.6 is 0 Å². The number of hydrogen-bond donors (Lipinski definition) is 2. The van der Waals surface area contributed by atoms with E-state index in [0.29, 0.717) is 24.1 Å². The number of halogens is 1. The normalized spacial score (nSPS) is 14.3. The van der Waals surface area contributed by atoms with Crippen LogP contribution in [0.5, 0.6) is 0 Å². The summed E-state index contributed by atoms with van der Waals surface area (Å²) >= 11 is 0. The van der Waals surface area contributed by atoms with Gasteiger partial charge in [-0.1, -0.05) is 0 Å². The number of carbonyl (C=O) groups is 2. The van der Waals surface area contributed by atoms with Crippen LogP contribution in [0.4, 0.5) is 10.1 Å². The molecule has 0 aliphatic carbocycles. The van der Waals surface area contributed by atoms with E-state index in [9.17, 15) is 14.0 Å². The fraction of sp³-hybridized carbons (Fsp3) is 0.200. The van der Waals surface area contributed by atoms with E-state index in [1.165, 1.54) is 12.1 Å². The van der Waals surface area contributed by atoms with Crippen LogP contribution < -0.4 is 11.1 Å². The Hall–Kier alpha value is -1.91. The Kier molecular flexibility index (Phi) is 2.15. The molecular weight excluding hydrogens is 199 g/mol. The molecule has 5 heteroatoms. The molecule has 0 saturated carbocycles. The topological polar surface area (TPSA) is 72.2 Å². The summed E-state index contributed by atoms with van der Waals surface area (Å²) in [4.78, 5) is 21.9. The highest BCUT2D eigenvalue weighted by molar-refractivity contribution is 5.98. The van der Waals surface area contributed by atoms with Crippen molar-refractivity contribution in [2.75, 3.05) is 5.32 Å². The molecule has 0 fully saturated rings. The Morgan fingerprint density at radius 3 is 2.80 bits per heavy atom. The number of primary amides is 1. The molecule has 0 spiro atoms. The standard InChI is InChI=1S/C10H9FN2O2/c11-7-3-5-1-2-9(14)13-8(5)4-6(7)10(12)15/h3-4H,1-2H2,(H2,12,15)(H,13,14). The maximum absolute atomic E-state index is 13.3. The maximum atomic E-state index is 13.3. The van der Waals surface area contributed by atoms with Crippen molar-refractivity contribution in [1.29, 1.82) is 0 Å². The molecule has 0 radical (unpaired) electrons. The predicted octanol–water partition coefficient (Wildman–Crippen LogP) is 0.809. The van der Waals surface area contributed by atoms with Crippen molar-refractivity contribution in [2.45, 2.75) is 12.8 Å². The number of aryl methyl sites for hydroxylation is 1. The Labute approximate surface area is 85.3 Å². The molecular formula is C10H9FN2O2. The molecule has 3 N–H and O–H groups in total. The van der Waals surface area contributed by atoms with E-state index < -0.39 is 11.7 Å². The molecule has 1 aliphatic heterocycles. The van der Waals surface area contributed by atoms with Crippen LogP contribution in [0.3, 0.4) is 0 Å². The molecule has 0 bridgehead atoms. The Balaban J connectivity index is 2.51. The molecule has 0 unspecified atom stereocenters. The van der Waals surface area contributed by atoms with Gasteiger partial charge < -0.3 is 11.1 Å². The molecule has 1 heterocycles. The highest BCUT2D eigenvalue weighted by Crippen LogP contribution is 2.25. The molecule has 1 aliphatic rings. The summed E-state index contributed by atoms with van der Waals surface area (Å²) in [7, 11) is 0. The number of anilines is 1. The van der Waals surface area contributed by atoms with Crippen LogP contribution in [0.15, 0.2) is 12.1 Å². The highest BCUT2D eigenvalue weighted by atomic mass is 19.1. The zero-order valence-corrected chi connectivity index (χ0v) is 7.84. The Morgan fingerprint density at radius 1 is 1.40 bits per heavy atom. The summed E-state index contributed by atoms with van der Waals surface area (Å²) in [6.45, 7) is 0. The molecule has 1 aromatic carbocycles. The van der Waals surface area contributed by atoms with E-state index in [4.69, 9.17) is 5.73 Å². The number of carbonyl (C=O) groups excluding carboxylic acids is 2. The Morgan fingerprint density at radius 2 is 2.13 bits per heavy atom. The lowest BCUT2D eigenvalue weighted by atomic mass is 10.00. The van der Waals surface area contributed by atoms with Gasteiger partial charge in [0.25, 0.3) is 5.91 Å². The summed E-state index contributed by atoms with van der Waals surface area (Å²) in [6, 6.07) is 2.53. The van der Waals surface area contributed by atoms with Crippen LogP contribution in [0.1, 0.15) is 22.3 Å². The van der Waals surface area contributed by atoms with E-state index >= 15 is 0 Å². The molecule has 0 saturated heterocycles. The maximum Gasteiger partial charge on any atom is 0.251 e. The van der Waals surface area contributed by atoms with Crippen molar-refractivity contribution in [3.8, 4) is 0 Å². The van der Waals surface area contributed by atoms with Gasteiger partial charge in [-0.15, -0.1) is 0 Å². The van der Waals surface area contributed by atoms with E-state index in [1.807, 2.05) is 0 Å². The average molecular weight is 208 g/mol. The first-order valence-electron chi connectivity index (χ1n) is 4.50. The third-order valence-corrected chi connectivity index (χ3v) is 2.35. The first-order chi connectivity index (χ1) is 7.08. The molecule has 15 heavy (non-hydrogen) atoms. The van der Waals surface area contributed by atoms with Crippen LogP contribution in [-0.4, -0.2) is 11.8 Å². The molecule has 78 valence electrons. The summed E-state index contributed by atoms with van der Waals surface area (Å²) in [5.41, 5.74) is 5.96. The van der Waals surface area contributed by atoms with Gasteiger partial charge in [-0.05, 0) is 24.1 Å². The van der Waals surface area contributed by atoms with Gasteiger partial charge in [-0.25, -0.2) is 4.39 Å². The predicted molar refractivity (Wildman–Crippen MR) is 51.9 cm³/mol. The Bertz CT molecular complexity index is 457. The second kappa shape index (κ2) is 3.34. The van der Waals surface area contributed by atoms with E-state index in [0.717, 1.165) is 0 Å². The number of amides is 2. The summed E-state index contributed by atoms with van der Waals surface area (Å²) in [6.07, 6.45) is 0.819. The lowest BCUT2D eigenvalue weighted by Gasteiger charge is -2.17. The second-order valence-corrected chi connectivity index (χ2v) is 3.40. The summed E-state index contributed by atoms with van der Waals surface area (Å²) < 4.78 is 13.3. The minimum absolute atomic E-state index is 0.135. The van der Waals surface area contributed by atoms with Crippen LogP contribution in [0, 0.1) is 5.82 Å². The van der Waals surface area contributed by atoms with Gasteiger partial charge >= 0.3 is 0 Å². The monoisotopic (exact) mass is 208 g/mol. The molecule has 0 aromatic heterocycles. The van der Waals surface area contributed by atoms with Crippen LogP contribution in [0.25, 0.3) is 0 Å². The van der Waals surface area contributed by atoms with Gasteiger partial charge in [-0.3, -0.25) is 9.59 Å². The number of rotatable bonds is 1. The first kappa shape index (κ1) is 9.64. The van der Waals surface area contributed by atoms with Gasteiger partial charge in [0, 0.05) is 12.1 Å². The SMILES string of the molecule is NC(=O)c1cc2c(cc1F)CCC(=O)N2. The second-order valence-electron chi connectivity index (χ2n) is 3.40.